The molecule has 2 amide bonds. The first kappa shape index (κ1) is 17.0. The average molecular weight is 366 g/mol. The fourth-order valence-electron chi connectivity index (χ4n) is 3.21. The number of nitrogens with one attached hydrogen (secondary N) is 1. The Morgan fingerprint density at radius 2 is 1.96 bits per heavy atom. The van der Waals surface area contributed by atoms with Crippen LogP contribution in [0.5, 0.6) is 0 Å². The minimum Gasteiger partial charge on any atom is -0.408 e. The predicted molar refractivity (Wildman–Crippen MR) is 98.5 cm³/mol. The molecular weight excluding hydrogens is 348 g/mol. The minimum atomic E-state index is -0.646. The van der Waals surface area contributed by atoms with Crippen molar-refractivity contribution >= 4 is 28.7 Å². The van der Waals surface area contributed by atoms with Gasteiger partial charge in [-0.3, -0.25) is 14.2 Å². The molecule has 2 aromatic heterocycles. The molecule has 27 heavy (non-hydrogen) atoms. The van der Waals surface area contributed by atoms with Gasteiger partial charge in [0.25, 0.3) is 5.91 Å². The van der Waals surface area contributed by atoms with E-state index < -0.39 is 11.7 Å². The molecule has 0 saturated carbocycles. The van der Waals surface area contributed by atoms with Crippen LogP contribution in [0.4, 0.5) is 5.82 Å². The van der Waals surface area contributed by atoms with Crippen molar-refractivity contribution in [3.05, 3.63) is 58.7 Å². The third-order valence-corrected chi connectivity index (χ3v) is 4.54. The van der Waals surface area contributed by atoms with E-state index in [1.165, 1.54) is 4.57 Å². The maximum atomic E-state index is 12.6. The number of carbonyl (C=O) groups excluding carboxylic acids is 2. The zero-order valence-electron chi connectivity index (χ0n) is 14.6. The van der Waals surface area contributed by atoms with Crippen molar-refractivity contribution in [2.75, 3.05) is 18.4 Å². The number of pyridine rings is 1. The van der Waals surface area contributed by atoms with Crippen LogP contribution in [0.25, 0.3) is 11.1 Å². The Bertz CT molecular complexity index is 1050. The van der Waals surface area contributed by atoms with Crippen molar-refractivity contribution in [1.82, 2.24) is 14.5 Å². The van der Waals surface area contributed by atoms with E-state index in [0.29, 0.717) is 22.5 Å². The number of likely N-dealkylation sites (tertiary alicyclic amines) is 1. The highest BCUT2D eigenvalue weighted by molar-refractivity contribution is 5.97. The van der Waals surface area contributed by atoms with Gasteiger partial charge in [0.05, 0.1) is 5.52 Å². The first-order chi connectivity index (χ1) is 13.1. The van der Waals surface area contributed by atoms with Crippen molar-refractivity contribution in [2.45, 2.75) is 19.4 Å². The molecule has 0 bridgehead atoms. The molecule has 3 aromatic rings. The van der Waals surface area contributed by atoms with E-state index in [2.05, 4.69) is 10.3 Å². The van der Waals surface area contributed by atoms with Crippen LogP contribution in [0, 0.1) is 0 Å². The summed E-state index contributed by atoms with van der Waals surface area (Å²) in [5, 5.41) is 2.63. The number of hydrogen-bond acceptors (Lipinski definition) is 5. The predicted octanol–water partition coefficient (Wildman–Crippen LogP) is 1.86. The normalized spacial score (nSPS) is 13.9. The van der Waals surface area contributed by atoms with E-state index in [1.54, 1.807) is 47.5 Å². The molecule has 0 radical (unpaired) electrons. The lowest BCUT2D eigenvalue weighted by Crippen LogP contribution is -2.28. The number of oxazole rings is 1. The van der Waals surface area contributed by atoms with E-state index >= 15 is 0 Å². The summed E-state index contributed by atoms with van der Waals surface area (Å²) in [7, 11) is 0. The SMILES string of the molecule is O=C(Cn1c(=O)oc2ccc(C(=O)N3CCCC3)cc21)Nc1ccccn1. The molecule has 1 N–H and O–H groups in total. The Morgan fingerprint density at radius 3 is 2.70 bits per heavy atom. The van der Waals surface area contributed by atoms with Crippen molar-refractivity contribution in [2.24, 2.45) is 0 Å². The third-order valence-electron chi connectivity index (χ3n) is 4.54. The fourth-order valence-corrected chi connectivity index (χ4v) is 3.21. The van der Waals surface area contributed by atoms with Gasteiger partial charge in [0, 0.05) is 24.8 Å². The summed E-state index contributed by atoms with van der Waals surface area (Å²) in [6.45, 7) is 1.24. The van der Waals surface area contributed by atoms with Crippen molar-refractivity contribution in [1.29, 1.82) is 0 Å². The molecule has 8 heteroatoms. The molecule has 0 atom stereocenters. The zero-order chi connectivity index (χ0) is 18.8. The maximum Gasteiger partial charge on any atom is 0.420 e. The fraction of sp³-hybridized carbons (Fsp3) is 0.263. The summed E-state index contributed by atoms with van der Waals surface area (Å²) < 4.78 is 6.41. The average Bonchev–Trinajstić information content (AvgIpc) is 3.30. The minimum absolute atomic E-state index is 0.0764. The first-order valence-corrected chi connectivity index (χ1v) is 8.75. The lowest BCUT2D eigenvalue weighted by Gasteiger charge is -2.15. The second kappa shape index (κ2) is 7.06. The number of nitrogens with zero attached hydrogens (tertiary/aromatic N) is 3. The van der Waals surface area contributed by atoms with Crippen LogP contribution < -0.4 is 11.1 Å². The van der Waals surface area contributed by atoms with Crippen molar-refractivity contribution in [3.8, 4) is 0 Å². The number of carbonyl (C=O) groups is 2. The molecule has 138 valence electrons. The van der Waals surface area contributed by atoms with Gasteiger partial charge in [-0.05, 0) is 43.2 Å². The van der Waals surface area contributed by atoms with Crippen molar-refractivity contribution in [3.63, 3.8) is 0 Å². The highest BCUT2D eigenvalue weighted by Gasteiger charge is 2.21. The molecule has 1 aliphatic rings. The highest BCUT2D eigenvalue weighted by atomic mass is 16.4. The van der Waals surface area contributed by atoms with Gasteiger partial charge >= 0.3 is 5.76 Å². The highest BCUT2D eigenvalue weighted by Crippen LogP contribution is 2.19. The van der Waals surface area contributed by atoms with Crippen LogP contribution in [0.2, 0.25) is 0 Å². The number of amides is 2. The third kappa shape index (κ3) is 3.46. The van der Waals surface area contributed by atoms with Gasteiger partial charge in [0.1, 0.15) is 12.4 Å². The molecule has 1 aromatic carbocycles. The number of fused-ring (bicyclic) bond motifs is 1. The Morgan fingerprint density at radius 1 is 1.15 bits per heavy atom. The summed E-state index contributed by atoms with van der Waals surface area (Å²) in [5.41, 5.74) is 1.23. The number of rotatable bonds is 4. The van der Waals surface area contributed by atoms with Crippen LogP contribution in [0.3, 0.4) is 0 Å². The van der Waals surface area contributed by atoms with Gasteiger partial charge in [0.2, 0.25) is 5.91 Å². The molecular formula is C19H18N4O4. The number of hydrogen-bond donors (Lipinski definition) is 1. The van der Waals surface area contributed by atoms with Crippen molar-refractivity contribution < 1.29 is 14.0 Å². The monoisotopic (exact) mass is 366 g/mol. The first-order valence-electron chi connectivity index (χ1n) is 8.75. The lowest BCUT2D eigenvalue weighted by atomic mass is 10.2. The van der Waals surface area contributed by atoms with Crippen LogP contribution >= 0.6 is 0 Å². The van der Waals surface area contributed by atoms with Crippen LogP contribution in [0.15, 0.2) is 51.8 Å². The Labute approximate surface area is 154 Å². The van der Waals surface area contributed by atoms with Gasteiger partial charge in [-0.1, -0.05) is 6.07 Å². The Kier molecular flexibility index (Phi) is 4.45. The van der Waals surface area contributed by atoms with Crippen LogP contribution in [0.1, 0.15) is 23.2 Å². The molecule has 3 heterocycles. The van der Waals surface area contributed by atoms with Gasteiger partial charge in [-0.2, -0.15) is 0 Å². The zero-order valence-corrected chi connectivity index (χ0v) is 14.6. The van der Waals surface area contributed by atoms with Crippen LogP contribution in [-0.2, 0) is 11.3 Å². The topological polar surface area (TPSA) is 97.4 Å². The molecule has 1 aliphatic heterocycles. The maximum absolute atomic E-state index is 12.6. The molecule has 4 rings (SSSR count). The number of aromatic nitrogens is 2. The van der Waals surface area contributed by atoms with Gasteiger partial charge in [0.15, 0.2) is 5.58 Å². The molecule has 8 nitrogen and oxygen atoms in total. The Hall–Kier alpha value is -3.42. The van der Waals surface area contributed by atoms with Gasteiger partial charge < -0.3 is 14.6 Å². The van der Waals surface area contributed by atoms with Gasteiger partial charge in [-0.25, -0.2) is 9.78 Å². The van der Waals surface area contributed by atoms with E-state index in [0.717, 1.165) is 25.9 Å². The second-order valence-corrected chi connectivity index (χ2v) is 6.40. The summed E-state index contributed by atoms with van der Waals surface area (Å²) in [4.78, 5) is 42.8. The summed E-state index contributed by atoms with van der Waals surface area (Å²) in [5.74, 6) is -0.734. The largest absolute Gasteiger partial charge is 0.420 e. The lowest BCUT2D eigenvalue weighted by molar-refractivity contribution is -0.116. The van der Waals surface area contributed by atoms with Gasteiger partial charge in [-0.15, -0.1) is 0 Å². The van der Waals surface area contributed by atoms with E-state index in [4.69, 9.17) is 4.42 Å². The van der Waals surface area contributed by atoms with Crippen LogP contribution in [-0.4, -0.2) is 39.4 Å². The number of benzene rings is 1. The molecule has 0 spiro atoms. The standard InChI is InChI=1S/C19H18N4O4/c24-17(21-16-5-1-2-8-20-16)12-23-14-11-13(6-7-15(14)27-19(23)26)18(25)22-9-3-4-10-22/h1-2,5-8,11H,3-4,9-10,12H2,(H,20,21,24). The molecule has 1 fully saturated rings. The number of anilines is 1. The van der Waals surface area contributed by atoms with E-state index in [-0.39, 0.29) is 12.5 Å². The second-order valence-electron chi connectivity index (χ2n) is 6.40. The smallest absolute Gasteiger partial charge is 0.408 e. The van der Waals surface area contributed by atoms with E-state index in [9.17, 15) is 14.4 Å². The molecule has 0 unspecified atom stereocenters. The summed E-state index contributed by atoms with van der Waals surface area (Å²) in [6.07, 6.45) is 3.56. The molecule has 0 aliphatic carbocycles. The van der Waals surface area contributed by atoms with E-state index in [1.807, 2.05) is 0 Å². The summed E-state index contributed by atoms with van der Waals surface area (Å²) in [6, 6.07) is 9.98. The molecule has 1 saturated heterocycles. The summed E-state index contributed by atoms with van der Waals surface area (Å²) >= 11 is 0. The Balaban J connectivity index is 1.61. The quantitative estimate of drug-likeness (QED) is 0.760.